The van der Waals surface area contributed by atoms with Gasteiger partial charge in [-0.25, -0.2) is 4.79 Å². The number of carbonyl (C=O) groups is 3. The highest BCUT2D eigenvalue weighted by Crippen LogP contribution is 2.44. The minimum absolute atomic E-state index is 0.00918. The first-order chi connectivity index (χ1) is 15.7. The van der Waals surface area contributed by atoms with Crippen molar-refractivity contribution >= 4 is 18.0 Å². The van der Waals surface area contributed by atoms with Crippen molar-refractivity contribution in [3.63, 3.8) is 0 Å². The first-order valence-electron chi connectivity index (χ1n) is 11.3. The van der Waals surface area contributed by atoms with Gasteiger partial charge in [0.2, 0.25) is 5.91 Å². The molecular weight excluding hydrogens is 420 g/mol. The molecule has 0 atom stereocenters. The van der Waals surface area contributed by atoms with Gasteiger partial charge in [0.1, 0.15) is 6.61 Å². The highest BCUT2D eigenvalue weighted by atomic mass is 16.5. The number of hydrogen-bond donors (Lipinski definition) is 2. The van der Waals surface area contributed by atoms with Crippen LogP contribution in [0.3, 0.4) is 0 Å². The van der Waals surface area contributed by atoms with Crippen molar-refractivity contribution in [3.05, 3.63) is 59.7 Å². The fourth-order valence-corrected chi connectivity index (χ4v) is 4.23. The van der Waals surface area contributed by atoms with Crippen molar-refractivity contribution in [2.24, 2.45) is 5.41 Å². The van der Waals surface area contributed by atoms with E-state index in [2.05, 4.69) is 29.6 Å². The molecule has 0 saturated carbocycles. The van der Waals surface area contributed by atoms with Gasteiger partial charge in [0.25, 0.3) is 0 Å². The number of benzene rings is 2. The maximum absolute atomic E-state index is 12.6. The standard InChI is InChI=1S/C26H32N2O5/c1-4-28(14-13-24(30)31)23(29)15-26(2,3)17-27-25(32)33-16-22-20-11-7-5-9-18(20)19-10-6-8-12-21(19)22/h5-12,22H,4,13-17H2,1-3H3,(H,27,32)(H,30,31). The summed E-state index contributed by atoms with van der Waals surface area (Å²) in [5.41, 5.74) is 4.14. The fraction of sp³-hybridized carbons (Fsp3) is 0.423. The van der Waals surface area contributed by atoms with Gasteiger partial charge in [-0.1, -0.05) is 62.4 Å². The van der Waals surface area contributed by atoms with Crippen LogP contribution in [-0.4, -0.2) is 54.2 Å². The molecule has 7 nitrogen and oxygen atoms in total. The lowest BCUT2D eigenvalue weighted by atomic mass is 9.88. The monoisotopic (exact) mass is 452 g/mol. The van der Waals surface area contributed by atoms with Crippen LogP contribution in [0.4, 0.5) is 4.79 Å². The molecule has 2 aromatic rings. The Kier molecular flexibility index (Phi) is 7.74. The number of alkyl carbamates (subject to hydrolysis) is 1. The highest BCUT2D eigenvalue weighted by Gasteiger charge is 2.30. The molecule has 0 aromatic heterocycles. The van der Waals surface area contributed by atoms with Crippen molar-refractivity contribution in [2.75, 3.05) is 26.2 Å². The summed E-state index contributed by atoms with van der Waals surface area (Å²) >= 11 is 0. The maximum Gasteiger partial charge on any atom is 0.407 e. The predicted octanol–water partition coefficient (Wildman–Crippen LogP) is 4.26. The van der Waals surface area contributed by atoms with Crippen LogP contribution in [0.5, 0.6) is 0 Å². The smallest absolute Gasteiger partial charge is 0.407 e. The summed E-state index contributed by atoms with van der Waals surface area (Å²) in [5, 5.41) is 11.6. The van der Waals surface area contributed by atoms with Crippen LogP contribution in [-0.2, 0) is 14.3 Å². The van der Waals surface area contributed by atoms with Crippen LogP contribution in [0.15, 0.2) is 48.5 Å². The van der Waals surface area contributed by atoms with E-state index in [1.807, 2.05) is 45.0 Å². The molecule has 1 aliphatic carbocycles. The summed E-state index contributed by atoms with van der Waals surface area (Å²) in [6, 6.07) is 16.3. The van der Waals surface area contributed by atoms with Gasteiger partial charge < -0.3 is 20.1 Å². The zero-order valence-electron chi connectivity index (χ0n) is 19.5. The number of nitrogens with one attached hydrogen (secondary N) is 1. The van der Waals surface area contributed by atoms with Crippen LogP contribution in [0.2, 0.25) is 0 Å². The summed E-state index contributed by atoms with van der Waals surface area (Å²) in [6.45, 7) is 6.73. The van der Waals surface area contributed by atoms with E-state index in [1.165, 1.54) is 16.0 Å². The molecule has 0 fully saturated rings. The lowest BCUT2D eigenvalue weighted by Gasteiger charge is -2.28. The van der Waals surface area contributed by atoms with Crippen LogP contribution < -0.4 is 5.32 Å². The molecule has 0 aliphatic heterocycles. The average Bonchev–Trinajstić information content (AvgIpc) is 3.10. The van der Waals surface area contributed by atoms with E-state index < -0.39 is 17.5 Å². The summed E-state index contributed by atoms with van der Waals surface area (Å²) in [4.78, 5) is 37.3. The largest absolute Gasteiger partial charge is 0.481 e. The number of amides is 2. The van der Waals surface area contributed by atoms with Crippen molar-refractivity contribution in [2.45, 2.75) is 39.5 Å². The van der Waals surface area contributed by atoms with Crippen LogP contribution in [0.1, 0.15) is 50.7 Å². The Hall–Kier alpha value is -3.35. The number of aliphatic carboxylic acids is 1. The van der Waals surface area contributed by atoms with Crippen molar-refractivity contribution in [1.82, 2.24) is 10.2 Å². The van der Waals surface area contributed by atoms with Gasteiger partial charge in [0, 0.05) is 32.0 Å². The van der Waals surface area contributed by atoms with E-state index in [0.717, 1.165) is 11.1 Å². The summed E-state index contributed by atoms with van der Waals surface area (Å²) in [6.07, 6.45) is -0.405. The van der Waals surface area contributed by atoms with Crippen LogP contribution >= 0.6 is 0 Å². The second-order valence-corrected chi connectivity index (χ2v) is 9.14. The SMILES string of the molecule is CCN(CCC(=O)O)C(=O)CC(C)(C)CNC(=O)OCC1c2ccccc2-c2ccccc21. The van der Waals surface area contributed by atoms with E-state index >= 15 is 0 Å². The van der Waals surface area contributed by atoms with E-state index in [9.17, 15) is 14.4 Å². The normalized spacial score (nSPS) is 12.6. The number of hydrogen-bond acceptors (Lipinski definition) is 4. The summed E-state index contributed by atoms with van der Waals surface area (Å²) in [7, 11) is 0. The maximum atomic E-state index is 12.6. The lowest BCUT2D eigenvalue weighted by Crippen LogP contribution is -2.40. The molecule has 33 heavy (non-hydrogen) atoms. The minimum atomic E-state index is -0.933. The van der Waals surface area contributed by atoms with Gasteiger partial charge in [-0.2, -0.15) is 0 Å². The molecule has 2 aromatic carbocycles. The van der Waals surface area contributed by atoms with E-state index in [1.54, 1.807) is 0 Å². The first-order valence-corrected chi connectivity index (χ1v) is 11.3. The molecule has 0 saturated heterocycles. The fourth-order valence-electron chi connectivity index (χ4n) is 4.23. The number of rotatable bonds is 10. The Labute approximate surface area is 194 Å². The molecule has 0 unspecified atom stereocenters. The van der Waals surface area contributed by atoms with E-state index in [4.69, 9.17) is 9.84 Å². The van der Waals surface area contributed by atoms with Crippen molar-refractivity contribution in [3.8, 4) is 11.1 Å². The third-order valence-electron chi connectivity index (χ3n) is 6.01. The topological polar surface area (TPSA) is 95.9 Å². The second-order valence-electron chi connectivity index (χ2n) is 9.14. The molecular formula is C26H32N2O5. The molecule has 176 valence electrons. The molecule has 0 radical (unpaired) electrons. The third kappa shape index (κ3) is 6.12. The van der Waals surface area contributed by atoms with Gasteiger partial charge in [0.15, 0.2) is 0 Å². The molecule has 3 rings (SSSR count). The minimum Gasteiger partial charge on any atom is -0.481 e. The lowest BCUT2D eigenvalue weighted by molar-refractivity contribution is -0.138. The Bertz CT molecular complexity index is 972. The summed E-state index contributed by atoms with van der Waals surface area (Å²) in [5.74, 6) is -1.07. The van der Waals surface area contributed by atoms with Crippen LogP contribution in [0, 0.1) is 5.41 Å². The second kappa shape index (κ2) is 10.5. The van der Waals surface area contributed by atoms with Gasteiger partial charge in [-0.05, 0) is 34.6 Å². The van der Waals surface area contributed by atoms with Gasteiger partial charge in [-0.3, -0.25) is 9.59 Å². The predicted molar refractivity (Wildman–Crippen MR) is 126 cm³/mol. The van der Waals surface area contributed by atoms with E-state index in [0.29, 0.717) is 6.54 Å². The van der Waals surface area contributed by atoms with Gasteiger partial charge in [0.05, 0.1) is 6.42 Å². The molecule has 1 aliphatic rings. The molecule has 0 bridgehead atoms. The molecule has 7 heteroatoms. The van der Waals surface area contributed by atoms with Crippen molar-refractivity contribution < 1.29 is 24.2 Å². The number of fused-ring (bicyclic) bond motifs is 3. The number of nitrogens with zero attached hydrogens (tertiary/aromatic N) is 1. The molecule has 2 amide bonds. The zero-order chi connectivity index (χ0) is 24.0. The van der Waals surface area contributed by atoms with Gasteiger partial charge >= 0.3 is 12.1 Å². The quantitative estimate of drug-likeness (QED) is 0.561. The molecule has 0 heterocycles. The highest BCUT2D eigenvalue weighted by molar-refractivity contribution is 5.79. The Morgan fingerprint density at radius 3 is 2.15 bits per heavy atom. The van der Waals surface area contributed by atoms with E-state index in [-0.39, 0.29) is 44.4 Å². The third-order valence-corrected chi connectivity index (χ3v) is 6.01. The number of carboxylic acids is 1. The number of carboxylic acid groups (broad SMARTS) is 1. The average molecular weight is 453 g/mol. The molecule has 2 N–H and O–H groups in total. The Balaban J connectivity index is 1.52. The Morgan fingerprint density at radius 2 is 1.61 bits per heavy atom. The first kappa shape index (κ1) is 24.3. The number of carbonyl (C=O) groups excluding carboxylic acids is 2. The van der Waals surface area contributed by atoms with Crippen LogP contribution in [0.25, 0.3) is 11.1 Å². The van der Waals surface area contributed by atoms with Crippen molar-refractivity contribution in [1.29, 1.82) is 0 Å². The number of ether oxygens (including phenoxy) is 1. The zero-order valence-corrected chi connectivity index (χ0v) is 19.5. The summed E-state index contributed by atoms with van der Waals surface area (Å²) < 4.78 is 5.56. The van der Waals surface area contributed by atoms with Gasteiger partial charge in [-0.15, -0.1) is 0 Å². The molecule has 0 spiro atoms. The Morgan fingerprint density at radius 1 is 1.03 bits per heavy atom.